The molecule has 1 aromatic carbocycles. The molecule has 0 aliphatic carbocycles. The molecule has 0 spiro atoms. The van der Waals surface area contributed by atoms with Crippen LogP contribution in [-0.2, 0) is 15.3 Å². The second-order valence-electron chi connectivity index (χ2n) is 3.30. The van der Waals surface area contributed by atoms with Gasteiger partial charge in [-0.15, -0.1) is 0 Å². The zero-order chi connectivity index (χ0) is 10.7. The van der Waals surface area contributed by atoms with Crippen LogP contribution in [0.4, 0.5) is 0 Å². The highest BCUT2D eigenvalue weighted by atomic mass is 32.1. The highest BCUT2D eigenvalue weighted by Crippen LogP contribution is 2.32. The van der Waals surface area contributed by atoms with Crippen molar-refractivity contribution in [2.45, 2.75) is 5.79 Å². The zero-order valence-corrected chi connectivity index (χ0v) is 9.04. The topological polar surface area (TPSA) is 42.2 Å². The van der Waals surface area contributed by atoms with Crippen LogP contribution >= 0.6 is 12.6 Å². The lowest BCUT2D eigenvalue weighted by molar-refractivity contribution is -0.145. The van der Waals surface area contributed by atoms with Crippen molar-refractivity contribution in [1.29, 1.82) is 5.26 Å². The van der Waals surface area contributed by atoms with Crippen LogP contribution < -0.4 is 0 Å². The van der Waals surface area contributed by atoms with E-state index in [0.717, 1.165) is 5.56 Å². The molecule has 15 heavy (non-hydrogen) atoms. The molecule has 0 unspecified atom stereocenters. The molecule has 3 nitrogen and oxygen atoms in total. The number of ether oxygens (including phenoxy) is 2. The maximum Gasteiger partial charge on any atom is 0.204 e. The van der Waals surface area contributed by atoms with E-state index in [1.165, 1.54) is 0 Å². The summed E-state index contributed by atoms with van der Waals surface area (Å²) < 4.78 is 11.1. The van der Waals surface area contributed by atoms with Crippen LogP contribution in [0.1, 0.15) is 11.1 Å². The predicted octanol–water partition coefficient (Wildman–Crippen LogP) is 1.69. The van der Waals surface area contributed by atoms with Gasteiger partial charge in [0.25, 0.3) is 0 Å². The molecule has 1 saturated heterocycles. The number of benzene rings is 1. The lowest BCUT2D eigenvalue weighted by Gasteiger charge is -2.25. The van der Waals surface area contributed by atoms with Crippen LogP contribution in [-0.4, -0.2) is 19.0 Å². The van der Waals surface area contributed by atoms with Gasteiger partial charge in [0.05, 0.1) is 24.8 Å². The normalized spacial score (nSPS) is 18.7. The predicted molar refractivity (Wildman–Crippen MR) is 58.6 cm³/mol. The Labute approximate surface area is 94.0 Å². The number of nitriles is 1. The molecule has 0 atom stereocenters. The maximum atomic E-state index is 8.69. The van der Waals surface area contributed by atoms with Gasteiger partial charge in [0.2, 0.25) is 5.79 Å². The van der Waals surface area contributed by atoms with Crippen molar-refractivity contribution in [3.05, 3.63) is 35.4 Å². The zero-order valence-electron chi connectivity index (χ0n) is 8.14. The number of hydrogen-bond acceptors (Lipinski definition) is 4. The molecule has 0 aromatic heterocycles. The van der Waals surface area contributed by atoms with Gasteiger partial charge in [-0.25, -0.2) is 0 Å². The summed E-state index contributed by atoms with van der Waals surface area (Å²) >= 11 is 4.25. The fraction of sp³-hybridized carbons (Fsp3) is 0.364. The summed E-state index contributed by atoms with van der Waals surface area (Å²) in [5.41, 5.74) is 1.54. The Morgan fingerprint density at radius 3 is 2.33 bits per heavy atom. The fourth-order valence-corrected chi connectivity index (χ4v) is 1.97. The molecule has 1 fully saturated rings. The first-order chi connectivity index (χ1) is 7.30. The van der Waals surface area contributed by atoms with Crippen molar-refractivity contribution in [3.63, 3.8) is 0 Å². The average molecular weight is 221 g/mol. The third-order valence-corrected chi connectivity index (χ3v) is 2.83. The SMILES string of the molecule is N#Cc1ccc(C2(CS)OCCO2)cc1. The quantitative estimate of drug-likeness (QED) is 0.773. The van der Waals surface area contributed by atoms with E-state index in [0.29, 0.717) is 24.5 Å². The second kappa shape index (κ2) is 4.23. The summed E-state index contributed by atoms with van der Waals surface area (Å²) in [4.78, 5) is 0. The van der Waals surface area contributed by atoms with E-state index in [2.05, 4.69) is 18.7 Å². The second-order valence-corrected chi connectivity index (χ2v) is 3.61. The minimum Gasteiger partial charge on any atom is -0.343 e. The van der Waals surface area contributed by atoms with Gasteiger partial charge in [-0.05, 0) is 12.1 Å². The lowest BCUT2D eigenvalue weighted by atomic mass is 10.1. The molecule has 0 radical (unpaired) electrons. The molecule has 78 valence electrons. The van der Waals surface area contributed by atoms with Gasteiger partial charge in [-0.1, -0.05) is 12.1 Å². The van der Waals surface area contributed by atoms with Crippen LogP contribution in [0.25, 0.3) is 0 Å². The van der Waals surface area contributed by atoms with E-state index in [1.54, 1.807) is 12.1 Å². The van der Waals surface area contributed by atoms with Crippen LogP contribution in [0.5, 0.6) is 0 Å². The Bertz CT molecular complexity index is 377. The number of rotatable bonds is 2. The Morgan fingerprint density at radius 2 is 1.87 bits per heavy atom. The third-order valence-electron chi connectivity index (χ3n) is 2.42. The molecule has 2 rings (SSSR count). The van der Waals surface area contributed by atoms with E-state index in [1.807, 2.05) is 12.1 Å². The van der Waals surface area contributed by atoms with E-state index in [4.69, 9.17) is 14.7 Å². The van der Waals surface area contributed by atoms with Gasteiger partial charge in [0.1, 0.15) is 0 Å². The summed E-state index contributed by atoms with van der Waals surface area (Å²) in [6.45, 7) is 1.17. The molecule has 1 aromatic rings. The Kier molecular flexibility index (Phi) is 2.96. The fourth-order valence-electron chi connectivity index (χ4n) is 1.60. The Morgan fingerprint density at radius 1 is 1.27 bits per heavy atom. The minimum absolute atomic E-state index is 0.471. The highest BCUT2D eigenvalue weighted by Gasteiger charge is 2.37. The Hall–Kier alpha value is -1.02. The molecule has 4 heteroatoms. The molecule has 1 aliphatic heterocycles. The summed E-state index contributed by atoms with van der Waals surface area (Å²) in [5, 5.41) is 8.69. The Balaban J connectivity index is 2.31. The van der Waals surface area contributed by atoms with Gasteiger partial charge >= 0.3 is 0 Å². The van der Waals surface area contributed by atoms with Crippen molar-refractivity contribution in [1.82, 2.24) is 0 Å². The summed E-state index contributed by atoms with van der Waals surface area (Å²) in [5.74, 6) is -0.254. The number of hydrogen-bond donors (Lipinski definition) is 1. The molecule has 0 bridgehead atoms. The number of thiol groups is 1. The van der Waals surface area contributed by atoms with Crippen molar-refractivity contribution >= 4 is 12.6 Å². The summed E-state index contributed by atoms with van der Waals surface area (Å²) in [7, 11) is 0. The van der Waals surface area contributed by atoms with Gasteiger partial charge in [0.15, 0.2) is 0 Å². The standard InChI is InChI=1S/C11H11NO2S/c12-7-9-1-3-10(4-2-9)11(8-15)13-5-6-14-11/h1-4,15H,5-6,8H2. The molecular formula is C11H11NO2S. The van der Waals surface area contributed by atoms with Gasteiger partial charge in [-0.2, -0.15) is 17.9 Å². The highest BCUT2D eigenvalue weighted by molar-refractivity contribution is 7.80. The number of nitrogens with zero attached hydrogens (tertiary/aromatic N) is 1. The summed E-state index contributed by atoms with van der Waals surface area (Å²) in [6.07, 6.45) is 0. The lowest BCUT2D eigenvalue weighted by Crippen LogP contribution is -2.29. The molecule has 0 N–H and O–H groups in total. The molecule has 0 saturated carbocycles. The van der Waals surface area contributed by atoms with Gasteiger partial charge < -0.3 is 9.47 Å². The van der Waals surface area contributed by atoms with E-state index >= 15 is 0 Å². The maximum absolute atomic E-state index is 8.69. The molecule has 0 amide bonds. The van der Waals surface area contributed by atoms with Crippen LogP contribution in [0.15, 0.2) is 24.3 Å². The van der Waals surface area contributed by atoms with E-state index in [9.17, 15) is 0 Å². The first kappa shape index (κ1) is 10.5. The molecular weight excluding hydrogens is 210 g/mol. The van der Waals surface area contributed by atoms with Crippen LogP contribution in [0.2, 0.25) is 0 Å². The third kappa shape index (κ3) is 1.86. The van der Waals surface area contributed by atoms with Crippen molar-refractivity contribution in [3.8, 4) is 6.07 Å². The molecule has 1 aliphatic rings. The summed E-state index contributed by atoms with van der Waals surface area (Å²) in [6, 6.07) is 9.28. The largest absolute Gasteiger partial charge is 0.343 e. The van der Waals surface area contributed by atoms with Gasteiger partial charge in [-0.3, -0.25) is 0 Å². The smallest absolute Gasteiger partial charge is 0.204 e. The van der Waals surface area contributed by atoms with Crippen molar-refractivity contribution in [2.75, 3.05) is 19.0 Å². The van der Waals surface area contributed by atoms with E-state index in [-0.39, 0.29) is 0 Å². The first-order valence-electron chi connectivity index (χ1n) is 4.70. The van der Waals surface area contributed by atoms with Crippen molar-refractivity contribution < 1.29 is 9.47 Å². The van der Waals surface area contributed by atoms with E-state index < -0.39 is 5.79 Å². The van der Waals surface area contributed by atoms with Crippen molar-refractivity contribution in [2.24, 2.45) is 0 Å². The molecule has 1 heterocycles. The monoisotopic (exact) mass is 221 g/mol. The average Bonchev–Trinajstić information content (AvgIpc) is 2.79. The minimum atomic E-state index is -0.725. The first-order valence-corrected chi connectivity index (χ1v) is 5.33. The van der Waals surface area contributed by atoms with Gasteiger partial charge in [0, 0.05) is 11.3 Å². The van der Waals surface area contributed by atoms with Crippen LogP contribution in [0, 0.1) is 11.3 Å². The van der Waals surface area contributed by atoms with Crippen LogP contribution in [0.3, 0.4) is 0 Å².